The van der Waals surface area contributed by atoms with Crippen molar-refractivity contribution in [3.05, 3.63) is 45.8 Å². The number of ether oxygens (including phenoxy) is 2. The minimum atomic E-state index is -0.925. The van der Waals surface area contributed by atoms with Crippen molar-refractivity contribution in [3.63, 3.8) is 0 Å². The van der Waals surface area contributed by atoms with E-state index in [4.69, 9.17) is 9.47 Å². The molecule has 1 heterocycles. The van der Waals surface area contributed by atoms with E-state index in [0.717, 1.165) is 53.9 Å². The number of rotatable bonds is 7. The van der Waals surface area contributed by atoms with Crippen LogP contribution < -0.4 is 15.5 Å². The molecular weight excluding hydrogens is 430 g/mol. The summed E-state index contributed by atoms with van der Waals surface area (Å²) < 4.78 is 10.6. The summed E-state index contributed by atoms with van der Waals surface area (Å²) in [5, 5.41) is 6.76. The van der Waals surface area contributed by atoms with Crippen molar-refractivity contribution >= 4 is 40.3 Å². The summed E-state index contributed by atoms with van der Waals surface area (Å²) in [6, 6.07) is 7.14. The lowest BCUT2D eigenvalue weighted by Crippen LogP contribution is -2.32. The van der Waals surface area contributed by atoms with E-state index in [1.165, 1.54) is 17.6 Å². The number of hydrogen-bond acceptors (Lipinski definition) is 7. The summed E-state index contributed by atoms with van der Waals surface area (Å²) in [6.45, 7) is 4.44. The Kier molecular flexibility index (Phi) is 8.38. The first-order chi connectivity index (χ1) is 15.5. The zero-order valence-corrected chi connectivity index (χ0v) is 19.0. The molecule has 0 aliphatic heterocycles. The van der Waals surface area contributed by atoms with Gasteiger partial charge >= 0.3 is 17.8 Å². The average Bonchev–Trinajstić information content (AvgIpc) is 2.95. The smallest absolute Gasteiger partial charge is 0.341 e. The molecular formula is C23H27N3O5S. The summed E-state index contributed by atoms with van der Waals surface area (Å²) in [7, 11) is 0. The maximum absolute atomic E-state index is 12.6. The van der Waals surface area contributed by atoms with Crippen LogP contribution in [-0.2, 0) is 27.2 Å². The van der Waals surface area contributed by atoms with Gasteiger partial charge in [0, 0.05) is 4.88 Å². The van der Waals surface area contributed by atoms with Crippen molar-refractivity contribution < 1.29 is 23.9 Å². The van der Waals surface area contributed by atoms with Gasteiger partial charge in [-0.2, -0.15) is 5.10 Å². The number of benzene rings is 1. The van der Waals surface area contributed by atoms with Gasteiger partial charge in [-0.3, -0.25) is 9.59 Å². The molecule has 1 aliphatic carbocycles. The van der Waals surface area contributed by atoms with Gasteiger partial charge in [-0.15, -0.1) is 11.3 Å². The fraction of sp³-hybridized carbons (Fsp3) is 0.391. The number of carbonyl (C=O) groups excluding carboxylic acids is 3. The highest BCUT2D eigenvalue weighted by atomic mass is 32.1. The second-order valence-electron chi connectivity index (χ2n) is 7.14. The van der Waals surface area contributed by atoms with E-state index in [1.807, 2.05) is 6.92 Å². The number of esters is 1. The third kappa shape index (κ3) is 5.94. The Labute approximate surface area is 191 Å². The average molecular weight is 458 g/mol. The SMILES string of the molecule is CCOC(=O)c1c(NC(=O)C(=O)N/N=C\c2ccc(OCC)cc2)sc2c1CCCCC2. The molecule has 0 saturated carbocycles. The molecule has 1 aromatic carbocycles. The molecule has 8 nitrogen and oxygen atoms in total. The maximum Gasteiger partial charge on any atom is 0.341 e. The van der Waals surface area contributed by atoms with Gasteiger partial charge < -0.3 is 14.8 Å². The molecule has 1 aliphatic rings. The third-order valence-electron chi connectivity index (χ3n) is 4.90. The number of hydrazone groups is 1. The van der Waals surface area contributed by atoms with E-state index in [1.54, 1.807) is 31.2 Å². The summed E-state index contributed by atoms with van der Waals surface area (Å²) in [6.07, 6.45) is 6.14. The fourth-order valence-corrected chi connectivity index (χ4v) is 4.72. The van der Waals surface area contributed by atoms with Crippen LogP contribution in [0.1, 0.15) is 59.5 Å². The maximum atomic E-state index is 12.6. The Morgan fingerprint density at radius 1 is 1.03 bits per heavy atom. The minimum absolute atomic E-state index is 0.234. The van der Waals surface area contributed by atoms with Crippen LogP contribution in [0.15, 0.2) is 29.4 Å². The standard InChI is InChI=1S/C23H27N3O5S/c1-3-30-16-12-10-15(11-13-16)14-24-26-21(28)20(27)25-22-19(23(29)31-4-2)17-8-6-5-7-9-18(17)32-22/h10-14H,3-9H2,1-2H3,(H,25,27)(H,26,28)/b24-14-. The van der Waals surface area contributed by atoms with Gasteiger partial charge in [0.25, 0.3) is 0 Å². The summed E-state index contributed by atoms with van der Waals surface area (Å²) in [4.78, 5) is 38.3. The van der Waals surface area contributed by atoms with Crippen LogP contribution in [-0.4, -0.2) is 37.2 Å². The summed E-state index contributed by atoms with van der Waals surface area (Å²) in [5.74, 6) is -1.56. The highest BCUT2D eigenvalue weighted by Crippen LogP contribution is 2.38. The monoisotopic (exact) mass is 457 g/mol. The van der Waals surface area contributed by atoms with Crippen LogP contribution in [0.5, 0.6) is 5.75 Å². The highest BCUT2D eigenvalue weighted by molar-refractivity contribution is 7.17. The first kappa shape index (κ1) is 23.5. The van der Waals surface area contributed by atoms with E-state index in [-0.39, 0.29) is 6.61 Å². The molecule has 0 bridgehead atoms. The van der Waals surface area contributed by atoms with Crippen LogP contribution in [0, 0.1) is 0 Å². The van der Waals surface area contributed by atoms with E-state index in [9.17, 15) is 14.4 Å². The van der Waals surface area contributed by atoms with Crippen molar-refractivity contribution in [1.82, 2.24) is 5.43 Å². The van der Waals surface area contributed by atoms with Crippen LogP contribution in [0.2, 0.25) is 0 Å². The van der Waals surface area contributed by atoms with Gasteiger partial charge in [-0.05, 0) is 74.9 Å². The number of fused-ring (bicyclic) bond motifs is 1. The third-order valence-corrected chi connectivity index (χ3v) is 6.11. The van der Waals surface area contributed by atoms with Gasteiger partial charge in [-0.25, -0.2) is 10.2 Å². The zero-order chi connectivity index (χ0) is 22.9. The molecule has 9 heteroatoms. The predicted molar refractivity (Wildman–Crippen MR) is 124 cm³/mol. The Balaban J connectivity index is 1.66. The van der Waals surface area contributed by atoms with Crippen LogP contribution in [0.3, 0.4) is 0 Å². The van der Waals surface area contributed by atoms with Gasteiger partial charge in [0.2, 0.25) is 0 Å². The Bertz CT molecular complexity index is 998. The van der Waals surface area contributed by atoms with Crippen molar-refractivity contribution in [2.75, 3.05) is 18.5 Å². The van der Waals surface area contributed by atoms with Gasteiger partial charge in [-0.1, -0.05) is 6.42 Å². The van der Waals surface area contributed by atoms with E-state index in [2.05, 4.69) is 15.8 Å². The number of anilines is 1. The van der Waals surface area contributed by atoms with Crippen LogP contribution in [0.4, 0.5) is 5.00 Å². The summed E-state index contributed by atoms with van der Waals surface area (Å²) >= 11 is 1.34. The molecule has 2 amide bonds. The Hall–Kier alpha value is -3.20. The van der Waals surface area contributed by atoms with E-state index in [0.29, 0.717) is 17.2 Å². The molecule has 3 rings (SSSR count). The van der Waals surface area contributed by atoms with Gasteiger partial charge in [0.15, 0.2) is 0 Å². The molecule has 0 radical (unpaired) electrons. The number of aryl methyl sites for hydroxylation is 1. The Morgan fingerprint density at radius 2 is 1.78 bits per heavy atom. The van der Waals surface area contributed by atoms with E-state index >= 15 is 0 Å². The van der Waals surface area contributed by atoms with Crippen LogP contribution in [0.25, 0.3) is 0 Å². The Morgan fingerprint density at radius 3 is 2.50 bits per heavy atom. The second-order valence-corrected chi connectivity index (χ2v) is 8.25. The normalized spacial score (nSPS) is 13.2. The highest BCUT2D eigenvalue weighted by Gasteiger charge is 2.27. The van der Waals surface area contributed by atoms with E-state index < -0.39 is 17.8 Å². The van der Waals surface area contributed by atoms with Crippen molar-refractivity contribution in [3.8, 4) is 5.75 Å². The molecule has 0 spiro atoms. The topological polar surface area (TPSA) is 106 Å². The lowest BCUT2D eigenvalue weighted by molar-refractivity contribution is -0.136. The summed E-state index contributed by atoms with van der Waals surface area (Å²) in [5.41, 5.74) is 4.24. The van der Waals surface area contributed by atoms with Crippen molar-refractivity contribution in [2.45, 2.75) is 46.0 Å². The molecule has 170 valence electrons. The molecule has 0 saturated heterocycles. The molecule has 32 heavy (non-hydrogen) atoms. The number of hydrogen-bond donors (Lipinski definition) is 2. The van der Waals surface area contributed by atoms with Gasteiger partial charge in [0.1, 0.15) is 10.8 Å². The van der Waals surface area contributed by atoms with Gasteiger partial charge in [0.05, 0.1) is 25.0 Å². The number of carbonyl (C=O) groups is 3. The molecule has 2 N–H and O–H groups in total. The number of nitrogens with one attached hydrogen (secondary N) is 2. The number of amides is 2. The number of thiophene rings is 1. The van der Waals surface area contributed by atoms with Crippen molar-refractivity contribution in [1.29, 1.82) is 0 Å². The predicted octanol–water partition coefficient (Wildman–Crippen LogP) is 3.68. The zero-order valence-electron chi connectivity index (χ0n) is 18.2. The molecule has 1 aromatic heterocycles. The quantitative estimate of drug-likeness (QED) is 0.217. The lowest BCUT2D eigenvalue weighted by Gasteiger charge is -2.08. The second kappa shape index (κ2) is 11.4. The van der Waals surface area contributed by atoms with Crippen molar-refractivity contribution in [2.24, 2.45) is 5.10 Å². The molecule has 0 fully saturated rings. The minimum Gasteiger partial charge on any atom is -0.494 e. The van der Waals surface area contributed by atoms with Crippen LogP contribution >= 0.6 is 11.3 Å². The first-order valence-corrected chi connectivity index (χ1v) is 11.5. The largest absolute Gasteiger partial charge is 0.494 e. The molecule has 0 unspecified atom stereocenters. The first-order valence-electron chi connectivity index (χ1n) is 10.7. The molecule has 2 aromatic rings. The fourth-order valence-electron chi connectivity index (χ4n) is 3.44. The number of nitrogens with zero attached hydrogens (tertiary/aromatic N) is 1. The lowest BCUT2D eigenvalue weighted by atomic mass is 10.1. The molecule has 0 atom stereocenters.